The van der Waals surface area contributed by atoms with Gasteiger partial charge in [-0.25, -0.2) is 14.4 Å². The summed E-state index contributed by atoms with van der Waals surface area (Å²) in [7, 11) is 0. The molecule has 0 atom stereocenters. The molecule has 1 aliphatic heterocycles. The van der Waals surface area contributed by atoms with E-state index in [2.05, 4.69) is 45.3 Å². The topological polar surface area (TPSA) is 61.4 Å². The number of carbonyl (C=O) groups is 1. The molecule has 4 rings (SSSR count). The van der Waals surface area contributed by atoms with Crippen LogP contribution in [0.1, 0.15) is 16.1 Å². The van der Waals surface area contributed by atoms with Gasteiger partial charge in [0.05, 0.1) is 5.69 Å². The molecule has 148 valence electrons. The minimum atomic E-state index is -0.403. The Morgan fingerprint density at radius 3 is 2.59 bits per heavy atom. The second-order valence-corrected chi connectivity index (χ2v) is 6.99. The molecule has 1 aromatic heterocycles. The van der Waals surface area contributed by atoms with Crippen molar-refractivity contribution in [3.63, 3.8) is 0 Å². The molecule has 1 amide bonds. The Bertz CT molecular complexity index is 1020. The second-order valence-electron chi connectivity index (χ2n) is 6.99. The van der Waals surface area contributed by atoms with Gasteiger partial charge in [-0.1, -0.05) is 24.3 Å². The van der Waals surface area contributed by atoms with Gasteiger partial charge in [-0.2, -0.15) is 0 Å². The zero-order valence-corrected chi connectivity index (χ0v) is 16.2. The molecule has 1 fully saturated rings. The van der Waals surface area contributed by atoms with E-state index >= 15 is 0 Å². The van der Waals surface area contributed by atoms with Crippen molar-refractivity contribution in [1.82, 2.24) is 14.9 Å². The van der Waals surface area contributed by atoms with Crippen molar-refractivity contribution >= 4 is 23.2 Å². The van der Waals surface area contributed by atoms with Gasteiger partial charge in [0.1, 0.15) is 11.5 Å². The van der Waals surface area contributed by atoms with E-state index in [4.69, 9.17) is 0 Å². The van der Waals surface area contributed by atoms with Crippen LogP contribution in [-0.4, -0.2) is 47.0 Å². The van der Waals surface area contributed by atoms with Crippen molar-refractivity contribution in [2.45, 2.75) is 6.92 Å². The van der Waals surface area contributed by atoms with Crippen molar-refractivity contribution < 1.29 is 9.18 Å². The summed E-state index contributed by atoms with van der Waals surface area (Å²) in [6, 6.07) is 16.2. The lowest BCUT2D eigenvalue weighted by Gasteiger charge is -2.36. The largest absolute Gasteiger partial charge is 0.368 e. The molecule has 29 heavy (non-hydrogen) atoms. The van der Waals surface area contributed by atoms with Gasteiger partial charge in [0.25, 0.3) is 5.91 Å². The summed E-state index contributed by atoms with van der Waals surface area (Å²) in [6.07, 6.45) is 1.51. The highest BCUT2D eigenvalue weighted by Crippen LogP contribution is 2.19. The first-order valence-electron chi connectivity index (χ1n) is 9.55. The summed E-state index contributed by atoms with van der Waals surface area (Å²) in [5.74, 6) is -0.354. The van der Waals surface area contributed by atoms with Gasteiger partial charge in [-0.05, 0) is 42.8 Å². The Balaban J connectivity index is 1.42. The molecule has 0 bridgehead atoms. The summed E-state index contributed by atoms with van der Waals surface area (Å²) in [6.45, 7) is 4.84. The standard InChI is InChI=1S/C22H22FN5O/c1-16-5-4-6-17(15-16)27-11-13-28(14-12-27)21(29)20-9-10-24-22(26-20)25-19-8-3-2-7-18(19)23/h2-10,15H,11-14H2,1H3,(H,24,25,26). The normalized spacial score (nSPS) is 14.0. The van der Waals surface area contributed by atoms with Gasteiger partial charge in [-0.3, -0.25) is 4.79 Å². The molecule has 0 aliphatic carbocycles. The number of hydrogen-bond acceptors (Lipinski definition) is 5. The van der Waals surface area contributed by atoms with Gasteiger partial charge >= 0.3 is 0 Å². The molecule has 1 aliphatic rings. The maximum absolute atomic E-state index is 13.8. The van der Waals surface area contributed by atoms with Crippen LogP contribution in [0.4, 0.5) is 21.7 Å². The molecule has 1 N–H and O–H groups in total. The third-order valence-electron chi connectivity index (χ3n) is 4.93. The molecule has 0 unspecified atom stereocenters. The molecule has 0 radical (unpaired) electrons. The van der Waals surface area contributed by atoms with Crippen LogP contribution in [-0.2, 0) is 0 Å². The molecule has 2 heterocycles. The second kappa shape index (κ2) is 8.26. The van der Waals surface area contributed by atoms with Crippen LogP contribution >= 0.6 is 0 Å². The van der Waals surface area contributed by atoms with E-state index in [0.29, 0.717) is 18.8 Å². The number of carbonyl (C=O) groups excluding carboxylic acids is 1. The number of halogens is 1. The lowest BCUT2D eigenvalue weighted by Crippen LogP contribution is -2.49. The first-order chi connectivity index (χ1) is 14.1. The van der Waals surface area contributed by atoms with Crippen LogP contribution in [0.25, 0.3) is 0 Å². The van der Waals surface area contributed by atoms with Crippen LogP contribution < -0.4 is 10.2 Å². The number of aryl methyl sites for hydroxylation is 1. The highest BCUT2D eigenvalue weighted by molar-refractivity contribution is 5.92. The lowest BCUT2D eigenvalue weighted by atomic mass is 10.2. The van der Waals surface area contributed by atoms with Crippen LogP contribution in [0, 0.1) is 12.7 Å². The molecule has 3 aromatic rings. The average Bonchev–Trinajstić information content (AvgIpc) is 2.75. The molecule has 0 spiro atoms. The first kappa shape index (κ1) is 18.9. The van der Waals surface area contributed by atoms with E-state index in [1.54, 1.807) is 29.2 Å². The number of anilines is 3. The van der Waals surface area contributed by atoms with E-state index in [9.17, 15) is 9.18 Å². The highest BCUT2D eigenvalue weighted by Gasteiger charge is 2.23. The smallest absolute Gasteiger partial charge is 0.272 e. The summed E-state index contributed by atoms with van der Waals surface area (Å²) < 4.78 is 13.8. The lowest BCUT2D eigenvalue weighted by molar-refractivity contribution is 0.0741. The molecule has 7 heteroatoms. The third kappa shape index (κ3) is 4.34. The van der Waals surface area contributed by atoms with E-state index < -0.39 is 5.82 Å². The predicted octanol–water partition coefficient (Wildman–Crippen LogP) is 3.63. The summed E-state index contributed by atoms with van der Waals surface area (Å²) in [5, 5.41) is 2.83. The number of para-hydroxylation sites is 1. The quantitative estimate of drug-likeness (QED) is 0.736. The zero-order valence-electron chi connectivity index (χ0n) is 16.2. The number of aromatic nitrogens is 2. The maximum atomic E-state index is 13.8. The Hall–Kier alpha value is -3.48. The SMILES string of the molecule is Cc1cccc(N2CCN(C(=O)c3ccnc(Nc4ccccc4F)n3)CC2)c1. The number of benzene rings is 2. The van der Waals surface area contributed by atoms with Crippen LogP contribution in [0.2, 0.25) is 0 Å². The van der Waals surface area contributed by atoms with Crippen LogP contribution in [0.3, 0.4) is 0 Å². The number of hydrogen-bond donors (Lipinski definition) is 1. The third-order valence-corrected chi connectivity index (χ3v) is 4.93. The fraction of sp³-hybridized carbons (Fsp3) is 0.227. The molecule has 0 saturated carbocycles. The monoisotopic (exact) mass is 391 g/mol. The fourth-order valence-electron chi connectivity index (χ4n) is 3.38. The van der Waals surface area contributed by atoms with E-state index in [1.165, 1.54) is 23.5 Å². The van der Waals surface area contributed by atoms with Crippen molar-refractivity contribution in [3.05, 3.63) is 77.9 Å². The summed E-state index contributed by atoms with van der Waals surface area (Å²) in [5.41, 5.74) is 2.96. The Morgan fingerprint density at radius 2 is 1.83 bits per heavy atom. The minimum absolute atomic E-state index is 0.145. The first-order valence-corrected chi connectivity index (χ1v) is 9.55. The van der Waals surface area contributed by atoms with Crippen molar-refractivity contribution in [1.29, 1.82) is 0 Å². The zero-order chi connectivity index (χ0) is 20.2. The fourth-order valence-corrected chi connectivity index (χ4v) is 3.38. The predicted molar refractivity (Wildman–Crippen MR) is 111 cm³/mol. The van der Waals surface area contributed by atoms with Gasteiger partial charge in [0, 0.05) is 38.1 Å². The van der Waals surface area contributed by atoms with E-state index in [0.717, 1.165) is 13.1 Å². The highest BCUT2D eigenvalue weighted by atomic mass is 19.1. The van der Waals surface area contributed by atoms with Crippen molar-refractivity contribution in [3.8, 4) is 0 Å². The van der Waals surface area contributed by atoms with Gasteiger partial charge < -0.3 is 15.1 Å². The van der Waals surface area contributed by atoms with Crippen LogP contribution in [0.5, 0.6) is 0 Å². The van der Waals surface area contributed by atoms with Gasteiger partial charge in [0.2, 0.25) is 5.95 Å². The van der Waals surface area contributed by atoms with Crippen molar-refractivity contribution in [2.24, 2.45) is 0 Å². The van der Waals surface area contributed by atoms with Gasteiger partial charge in [-0.15, -0.1) is 0 Å². The van der Waals surface area contributed by atoms with E-state index in [1.807, 2.05) is 6.07 Å². The van der Waals surface area contributed by atoms with Crippen molar-refractivity contribution in [2.75, 3.05) is 36.4 Å². The average molecular weight is 391 g/mol. The van der Waals surface area contributed by atoms with Gasteiger partial charge in [0.15, 0.2) is 0 Å². The number of nitrogens with zero attached hydrogens (tertiary/aromatic N) is 4. The molecular weight excluding hydrogens is 369 g/mol. The summed E-state index contributed by atoms with van der Waals surface area (Å²) in [4.78, 5) is 25.3. The Morgan fingerprint density at radius 1 is 1.03 bits per heavy atom. The number of amides is 1. The molecular formula is C22H22FN5O. The van der Waals surface area contributed by atoms with Crippen LogP contribution in [0.15, 0.2) is 60.8 Å². The molecule has 6 nitrogen and oxygen atoms in total. The minimum Gasteiger partial charge on any atom is -0.368 e. The molecule has 2 aromatic carbocycles. The summed E-state index contributed by atoms with van der Waals surface area (Å²) >= 11 is 0. The number of piperazine rings is 1. The molecule has 1 saturated heterocycles. The maximum Gasteiger partial charge on any atom is 0.272 e. The Kier molecular flexibility index (Phi) is 5.37. The number of rotatable bonds is 4. The Labute approximate surface area is 169 Å². The number of nitrogens with one attached hydrogen (secondary N) is 1. The van der Waals surface area contributed by atoms with E-state index in [-0.39, 0.29) is 17.5 Å².